The number of nitrogens with one attached hydrogen (secondary N) is 1. The number of rotatable bonds is 4. The van der Waals surface area contributed by atoms with Crippen molar-refractivity contribution in [3.05, 3.63) is 29.6 Å². The molecule has 6 heteroatoms. The first-order valence-corrected chi connectivity index (χ1v) is 13.2. The van der Waals surface area contributed by atoms with Crippen LogP contribution in [0.5, 0.6) is 0 Å². The first-order valence-electron chi connectivity index (χ1n) is 8.61. The van der Waals surface area contributed by atoms with E-state index in [1.807, 2.05) is 0 Å². The van der Waals surface area contributed by atoms with E-state index >= 15 is 0 Å². The molecule has 2 nitrogen and oxygen atoms in total. The minimum atomic E-state index is -0.570. The fourth-order valence-electron chi connectivity index (χ4n) is 2.92. The maximum absolute atomic E-state index is 4.91. The van der Waals surface area contributed by atoms with Crippen molar-refractivity contribution in [1.29, 1.82) is 0 Å². The molecule has 0 fully saturated rings. The number of nitrogens with zero attached hydrogens (tertiary/aromatic N) is 1. The third-order valence-electron chi connectivity index (χ3n) is 3.83. The number of hydrogen-bond donors (Lipinski definition) is 1. The summed E-state index contributed by atoms with van der Waals surface area (Å²) in [7, 11) is 8.90. The molecule has 0 atom stereocenters. The van der Waals surface area contributed by atoms with Crippen LogP contribution in [0.15, 0.2) is 18.2 Å². The van der Waals surface area contributed by atoms with Crippen LogP contribution in [0.3, 0.4) is 0 Å². The summed E-state index contributed by atoms with van der Waals surface area (Å²) in [5, 5.41) is 4.28. The monoisotopic (exact) mass is 452 g/mol. The quantitative estimate of drug-likeness (QED) is 0.516. The zero-order valence-electron chi connectivity index (χ0n) is 17.2. The van der Waals surface area contributed by atoms with E-state index in [2.05, 4.69) is 85.8 Å². The van der Waals surface area contributed by atoms with Gasteiger partial charge in [-0.3, -0.25) is 4.98 Å². The summed E-state index contributed by atoms with van der Waals surface area (Å²) >= 11 is 0.382. The van der Waals surface area contributed by atoms with Gasteiger partial charge in [0, 0.05) is 20.0 Å². The third-order valence-corrected chi connectivity index (χ3v) is 8.17. The van der Waals surface area contributed by atoms with Gasteiger partial charge in [-0.15, -0.1) is 0 Å². The van der Waals surface area contributed by atoms with Crippen LogP contribution < -0.4 is 5.32 Å². The molecule has 1 heterocycles. The first-order chi connectivity index (χ1) is 11.2. The number of aromatic nitrogens is 1. The predicted molar refractivity (Wildman–Crippen MR) is 114 cm³/mol. The van der Waals surface area contributed by atoms with Crippen molar-refractivity contribution < 1.29 is 12.9 Å². The molecular weight excluding hydrogens is 417 g/mol. The van der Waals surface area contributed by atoms with Crippen LogP contribution in [0.1, 0.15) is 73.7 Å². The second-order valence-electron chi connectivity index (χ2n) is 9.43. The van der Waals surface area contributed by atoms with Crippen LogP contribution in [0.4, 0.5) is 0 Å². The fourth-order valence-corrected chi connectivity index (χ4v) is 6.79. The van der Waals surface area contributed by atoms with Gasteiger partial charge in [0.05, 0.1) is 27.9 Å². The first kappa shape index (κ1) is 25.6. The Labute approximate surface area is 171 Å². The van der Waals surface area contributed by atoms with Crippen molar-refractivity contribution in [2.75, 3.05) is 0 Å². The van der Waals surface area contributed by atoms with E-state index in [1.165, 1.54) is 5.69 Å². The molecule has 1 aromatic heterocycles. The van der Waals surface area contributed by atoms with Crippen LogP contribution >= 0.6 is 28.2 Å². The van der Waals surface area contributed by atoms with E-state index in [9.17, 15) is 0 Å². The average Bonchev–Trinajstić information content (AvgIpc) is 2.41. The molecule has 25 heavy (non-hydrogen) atoms. The molecular formula is C19H36Cl2CoN2P+2. The number of halogens is 2. The Morgan fingerprint density at radius 2 is 1.36 bits per heavy atom. The van der Waals surface area contributed by atoms with Gasteiger partial charge in [-0.2, -0.15) is 0 Å². The van der Waals surface area contributed by atoms with Crippen molar-refractivity contribution in [2.24, 2.45) is 0 Å². The molecule has 0 saturated carbocycles. The van der Waals surface area contributed by atoms with Gasteiger partial charge >= 0.3 is 33.2 Å². The van der Waals surface area contributed by atoms with E-state index in [4.69, 9.17) is 25.3 Å². The molecule has 0 unspecified atom stereocenters. The Bertz CT molecular complexity index is 491. The summed E-state index contributed by atoms with van der Waals surface area (Å²) in [5.74, 6) is 0. The molecule has 1 aromatic rings. The minimum absolute atomic E-state index is 0.128. The van der Waals surface area contributed by atoms with Gasteiger partial charge in [-0.05, 0) is 74.4 Å². The van der Waals surface area contributed by atoms with Crippen molar-refractivity contribution >= 4 is 28.2 Å². The van der Waals surface area contributed by atoms with E-state index in [-0.39, 0.29) is 5.54 Å². The Hall–Kier alpha value is 0.626. The average molecular weight is 453 g/mol. The Kier molecular flexibility index (Phi) is 11.1. The van der Waals surface area contributed by atoms with Crippen LogP contribution in [0, 0.1) is 0 Å². The molecule has 0 aromatic carbocycles. The molecule has 1 N–H and O–H groups in total. The predicted octanol–water partition coefficient (Wildman–Crippen LogP) is 6.66. The Balaban J connectivity index is 0.00000178. The summed E-state index contributed by atoms with van der Waals surface area (Å²) in [6.45, 7) is 21.7. The summed E-state index contributed by atoms with van der Waals surface area (Å²) in [6, 6.07) is 6.48. The van der Waals surface area contributed by atoms with Crippen molar-refractivity contribution in [3.63, 3.8) is 0 Å². The molecule has 0 aliphatic carbocycles. The molecule has 0 bridgehead atoms. The van der Waals surface area contributed by atoms with Crippen LogP contribution in [0.2, 0.25) is 0 Å². The Morgan fingerprint density at radius 1 is 0.920 bits per heavy atom. The van der Waals surface area contributed by atoms with E-state index in [0.717, 1.165) is 18.4 Å². The van der Waals surface area contributed by atoms with Crippen molar-refractivity contribution in [2.45, 2.75) is 90.9 Å². The summed E-state index contributed by atoms with van der Waals surface area (Å²) in [6.07, 6.45) is 1.14. The topological polar surface area (TPSA) is 24.9 Å². The second kappa shape index (κ2) is 10.8. The van der Waals surface area contributed by atoms with Crippen molar-refractivity contribution in [1.82, 2.24) is 10.3 Å². The van der Waals surface area contributed by atoms with Gasteiger partial charge in [0.1, 0.15) is 0 Å². The SMILES string of the molecule is CC(C)(C)NCc1cccc(C[PH+](C(C)(C)C)C(C)(C)C)n1.[Cl][Co+][Cl]. The van der Waals surface area contributed by atoms with Gasteiger partial charge in [0.25, 0.3) is 0 Å². The van der Waals surface area contributed by atoms with Crippen molar-refractivity contribution in [3.8, 4) is 0 Å². The Morgan fingerprint density at radius 3 is 1.76 bits per heavy atom. The van der Waals surface area contributed by atoms with Crippen LogP contribution in [0.25, 0.3) is 0 Å². The maximum atomic E-state index is 4.91. The molecule has 0 spiro atoms. The van der Waals surface area contributed by atoms with Crippen LogP contribution in [-0.4, -0.2) is 20.8 Å². The number of hydrogen-bond acceptors (Lipinski definition) is 2. The molecule has 148 valence electrons. The fraction of sp³-hybridized carbons (Fsp3) is 0.737. The molecule has 0 saturated heterocycles. The summed E-state index contributed by atoms with van der Waals surface area (Å²) in [5.41, 5.74) is 2.53. The molecule has 0 amide bonds. The number of pyridine rings is 1. The van der Waals surface area contributed by atoms with E-state index in [0.29, 0.717) is 23.2 Å². The molecule has 0 aliphatic heterocycles. The van der Waals surface area contributed by atoms with Gasteiger partial charge < -0.3 is 5.32 Å². The zero-order valence-corrected chi connectivity index (χ0v) is 20.7. The summed E-state index contributed by atoms with van der Waals surface area (Å²) in [4.78, 5) is 4.91. The molecule has 1 rings (SSSR count). The summed E-state index contributed by atoms with van der Waals surface area (Å²) < 4.78 is 0. The van der Waals surface area contributed by atoms with Crippen LogP contribution in [-0.2, 0) is 25.6 Å². The van der Waals surface area contributed by atoms with Gasteiger partial charge in [-0.1, -0.05) is 6.07 Å². The molecule has 0 radical (unpaired) electrons. The van der Waals surface area contributed by atoms with Gasteiger partial charge in [0.15, 0.2) is 0 Å². The molecule has 0 aliphatic rings. The standard InChI is InChI=1S/C19H35N2P.2ClH.Co/c1-17(2,3)20-13-15-11-10-12-16(21-15)14-22(18(4,5)6)19(7,8)9;;;/h10-12,20H,13-14H2,1-9H3;2*1H;/q;;;+3/p-1. The van der Waals surface area contributed by atoms with Gasteiger partial charge in [0.2, 0.25) is 0 Å². The van der Waals surface area contributed by atoms with E-state index < -0.39 is 7.92 Å². The normalized spacial score (nSPS) is 13.0. The zero-order chi connectivity index (χ0) is 19.9. The van der Waals surface area contributed by atoms with E-state index in [1.54, 1.807) is 0 Å². The second-order valence-corrected chi connectivity index (χ2v) is 15.5. The third kappa shape index (κ3) is 11.8. The van der Waals surface area contributed by atoms with Gasteiger partial charge in [-0.25, -0.2) is 0 Å².